The molecule has 1 heterocycles. The standard InChI is InChI=1S/C20H23N3O4S/c1-4-20(24)23-19(16-7-5-6-8-17(16)22-28(3,25)26)13-18(21-23)14-9-11-15(27-2)12-10-14/h5-12,19,22H,4,13H2,1-3H3/t19-/m0/s1. The van der Waals surface area contributed by atoms with Crippen LogP contribution < -0.4 is 9.46 Å². The van der Waals surface area contributed by atoms with Crippen molar-refractivity contribution >= 4 is 27.3 Å². The average Bonchev–Trinajstić information content (AvgIpc) is 3.12. The number of ether oxygens (including phenoxy) is 1. The maximum absolute atomic E-state index is 12.5. The molecule has 0 unspecified atom stereocenters. The number of benzene rings is 2. The fourth-order valence-electron chi connectivity index (χ4n) is 3.18. The van der Waals surface area contributed by atoms with Gasteiger partial charge in [-0.25, -0.2) is 13.4 Å². The molecule has 2 aromatic rings. The third-order valence-corrected chi connectivity index (χ3v) is 5.10. The van der Waals surface area contributed by atoms with E-state index in [9.17, 15) is 13.2 Å². The van der Waals surface area contributed by atoms with E-state index in [1.54, 1.807) is 26.2 Å². The van der Waals surface area contributed by atoms with Crippen LogP contribution in [0, 0.1) is 0 Å². The van der Waals surface area contributed by atoms with Crippen LogP contribution in [-0.2, 0) is 14.8 Å². The summed E-state index contributed by atoms with van der Waals surface area (Å²) < 4.78 is 31.2. The fourth-order valence-corrected chi connectivity index (χ4v) is 3.77. The lowest BCUT2D eigenvalue weighted by atomic mass is 9.97. The topological polar surface area (TPSA) is 88.1 Å². The van der Waals surface area contributed by atoms with Gasteiger partial charge in [-0.2, -0.15) is 5.10 Å². The number of para-hydroxylation sites is 1. The second kappa shape index (κ2) is 8.02. The van der Waals surface area contributed by atoms with Gasteiger partial charge in [-0.05, 0) is 35.9 Å². The Hall–Kier alpha value is -2.87. The molecule has 1 N–H and O–H groups in total. The number of hydrogen-bond acceptors (Lipinski definition) is 5. The van der Waals surface area contributed by atoms with Crippen LogP contribution in [0.2, 0.25) is 0 Å². The van der Waals surface area contributed by atoms with Gasteiger partial charge in [0.15, 0.2) is 0 Å². The predicted octanol–water partition coefficient (Wildman–Crippen LogP) is 3.15. The number of sulfonamides is 1. The van der Waals surface area contributed by atoms with Crippen molar-refractivity contribution in [1.29, 1.82) is 0 Å². The lowest BCUT2D eigenvalue weighted by molar-refractivity contribution is -0.132. The van der Waals surface area contributed by atoms with Gasteiger partial charge in [-0.1, -0.05) is 25.1 Å². The number of rotatable bonds is 6. The summed E-state index contributed by atoms with van der Waals surface area (Å²) in [6.07, 6.45) is 1.89. The lowest BCUT2D eigenvalue weighted by Crippen LogP contribution is -2.27. The molecule has 7 nitrogen and oxygen atoms in total. The molecule has 1 amide bonds. The number of carbonyl (C=O) groups is 1. The minimum Gasteiger partial charge on any atom is -0.497 e. The smallest absolute Gasteiger partial charge is 0.242 e. The maximum atomic E-state index is 12.5. The molecule has 148 valence electrons. The molecule has 0 saturated carbocycles. The molecule has 3 rings (SSSR count). The van der Waals surface area contributed by atoms with Crippen molar-refractivity contribution in [2.24, 2.45) is 5.10 Å². The zero-order chi connectivity index (χ0) is 20.3. The molecule has 28 heavy (non-hydrogen) atoms. The number of hydrazone groups is 1. The average molecular weight is 401 g/mol. The highest BCUT2D eigenvalue weighted by atomic mass is 32.2. The molecular formula is C20H23N3O4S. The van der Waals surface area contributed by atoms with Gasteiger partial charge in [0.1, 0.15) is 5.75 Å². The van der Waals surface area contributed by atoms with Gasteiger partial charge >= 0.3 is 0 Å². The minimum absolute atomic E-state index is 0.123. The van der Waals surface area contributed by atoms with E-state index in [2.05, 4.69) is 9.82 Å². The molecule has 0 spiro atoms. The van der Waals surface area contributed by atoms with Crippen LogP contribution in [0.4, 0.5) is 5.69 Å². The Bertz CT molecular complexity index is 1000. The molecular weight excluding hydrogens is 378 g/mol. The number of anilines is 1. The van der Waals surface area contributed by atoms with Crippen molar-refractivity contribution in [3.63, 3.8) is 0 Å². The van der Waals surface area contributed by atoms with Crippen molar-refractivity contribution in [3.05, 3.63) is 59.7 Å². The van der Waals surface area contributed by atoms with E-state index < -0.39 is 10.0 Å². The summed E-state index contributed by atoms with van der Waals surface area (Å²) >= 11 is 0. The van der Waals surface area contributed by atoms with E-state index >= 15 is 0 Å². The quantitative estimate of drug-likeness (QED) is 0.805. The van der Waals surface area contributed by atoms with Crippen LogP contribution in [0.1, 0.15) is 36.9 Å². The fraction of sp³-hybridized carbons (Fsp3) is 0.300. The number of nitrogens with one attached hydrogen (secondary N) is 1. The molecule has 1 aliphatic rings. The minimum atomic E-state index is -3.45. The molecule has 0 fully saturated rings. The van der Waals surface area contributed by atoms with E-state index in [1.165, 1.54) is 5.01 Å². The highest BCUT2D eigenvalue weighted by molar-refractivity contribution is 7.92. The Labute approximate surface area is 165 Å². The van der Waals surface area contributed by atoms with Crippen molar-refractivity contribution in [3.8, 4) is 5.75 Å². The van der Waals surface area contributed by atoms with Crippen molar-refractivity contribution < 1.29 is 17.9 Å². The monoisotopic (exact) mass is 401 g/mol. The number of methoxy groups -OCH3 is 1. The molecule has 0 aromatic heterocycles. The number of amides is 1. The zero-order valence-corrected chi connectivity index (χ0v) is 16.9. The molecule has 0 radical (unpaired) electrons. The van der Waals surface area contributed by atoms with Crippen molar-refractivity contribution in [2.45, 2.75) is 25.8 Å². The first-order valence-corrected chi connectivity index (χ1v) is 10.8. The van der Waals surface area contributed by atoms with Crippen LogP contribution in [-0.4, -0.2) is 38.4 Å². The molecule has 8 heteroatoms. The number of hydrogen-bond donors (Lipinski definition) is 1. The SMILES string of the molecule is CCC(=O)N1N=C(c2ccc(OC)cc2)C[C@H]1c1ccccc1NS(C)(=O)=O. The normalized spacial score (nSPS) is 16.6. The summed E-state index contributed by atoms with van der Waals surface area (Å²) in [7, 11) is -1.85. The molecule has 2 aromatic carbocycles. The molecule has 1 aliphatic heterocycles. The highest BCUT2D eigenvalue weighted by Gasteiger charge is 2.34. The lowest BCUT2D eigenvalue weighted by Gasteiger charge is -2.23. The Balaban J connectivity index is 1.98. The molecule has 1 atom stereocenters. The Morgan fingerprint density at radius 1 is 1.21 bits per heavy atom. The first-order valence-electron chi connectivity index (χ1n) is 8.93. The molecule has 0 bridgehead atoms. The Morgan fingerprint density at radius 3 is 2.50 bits per heavy atom. The van der Waals surface area contributed by atoms with Crippen molar-refractivity contribution in [1.82, 2.24) is 5.01 Å². The number of carbonyl (C=O) groups excluding carboxylic acids is 1. The van der Waals surface area contributed by atoms with Crippen LogP contribution in [0.25, 0.3) is 0 Å². The second-order valence-corrected chi connectivity index (χ2v) is 8.30. The van der Waals surface area contributed by atoms with E-state index in [4.69, 9.17) is 4.74 Å². The summed E-state index contributed by atoms with van der Waals surface area (Å²) in [5, 5.41) is 6.02. The first kappa shape index (κ1) is 19.9. The van der Waals surface area contributed by atoms with E-state index in [1.807, 2.05) is 36.4 Å². The number of nitrogens with zero attached hydrogens (tertiary/aromatic N) is 2. The molecule has 0 saturated heterocycles. The zero-order valence-electron chi connectivity index (χ0n) is 16.0. The highest BCUT2D eigenvalue weighted by Crippen LogP contribution is 2.37. The van der Waals surface area contributed by atoms with Crippen LogP contribution >= 0.6 is 0 Å². The first-order chi connectivity index (χ1) is 13.3. The summed E-state index contributed by atoms with van der Waals surface area (Å²) in [5.41, 5.74) is 2.83. The van der Waals surface area contributed by atoms with Crippen LogP contribution in [0.15, 0.2) is 53.6 Å². The summed E-state index contributed by atoms with van der Waals surface area (Å²) in [4.78, 5) is 12.5. The Morgan fingerprint density at radius 2 is 1.89 bits per heavy atom. The third-order valence-electron chi connectivity index (χ3n) is 4.51. The molecule has 0 aliphatic carbocycles. The maximum Gasteiger partial charge on any atom is 0.242 e. The Kier molecular flexibility index (Phi) is 5.69. The second-order valence-electron chi connectivity index (χ2n) is 6.55. The predicted molar refractivity (Wildman–Crippen MR) is 109 cm³/mol. The van der Waals surface area contributed by atoms with Gasteiger partial charge in [0.25, 0.3) is 0 Å². The van der Waals surface area contributed by atoms with Crippen molar-refractivity contribution in [2.75, 3.05) is 18.1 Å². The summed E-state index contributed by atoms with van der Waals surface area (Å²) in [6, 6.07) is 14.2. The van der Waals surface area contributed by atoms with Gasteiger partial charge in [0.05, 0.1) is 30.8 Å². The summed E-state index contributed by atoms with van der Waals surface area (Å²) in [6.45, 7) is 1.78. The van der Waals surface area contributed by atoms with E-state index in [0.717, 1.165) is 23.3 Å². The largest absolute Gasteiger partial charge is 0.497 e. The van der Waals surface area contributed by atoms with Gasteiger partial charge in [0, 0.05) is 18.4 Å². The van der Waals surface area contributed by atoms with Gasteiger partial charge < -0.3 is 4.74 Å². The van der Waals surface area contributed by atoms with Crippen LogP contribution in [0.5, 0.6) is 5.75 Å². The van der Waals surface area contributed by atoms with E-state index in [0.29, 0.717) is 24.1 Å². The van der Waals surface area contributed by atoms with Gasteiger partial charge in [-0.3, -0.25) is 9.52 Å². The van der Waals surface area contributed by atoms with E-state index in [-0.39, 0.29) is 11.9 Å². The van der Waals surface area contributed by atoms with Gasteiger partial charge in [-0.15, -0.1) is 0 Å². The van der Waals surface area contributed by atoms with Gasteiger partial charge in [0.2, 0.25) is 15.9 Å². The third kappa shape index (κ3) is 4.33. The van der Waals surface area contributed by atoms with Crippen LogP contribution in [0.3, 0.4) is 0 Å². The summed E-state index contributed by atoms with van der Waals surface area (Å²) in [5.74, 6) is 0.616.